The van der Waals surface area contributed by atoms with Gasteiger partial charge >= 0.3 is 5.97 Å². The fourth-order valence-electron chi connectivity index (χ4n) is 2.54. The van der Waals surface area contributed by atoms with Gasteiger partial charge in [-0.2, -0.15) is 0 Å². The van der Waals surface area contributed by atoms with Gasteiger partial charge in [-0.05, 0) is 23.6 Å². The van der Waals surface area contributed by atoms with Gasteiger partial charge in [0, 0.05) is 23.0 Å². The van der Waals surface area contributed by atoms with E-state index >= 15 is 0 Å². The first-order valence-corrected chi connectivity index (χ1v) is 6.87. The Morgan fingerprint density at radius 1 is 1.53 bits per heavy atom. The largest absolute Gasteiger partial charge is 0.481 e. The average Bonchev–Trinajstić information content (AvgIpc) is 2.80. The van der Waals surface area contributed by atoms with E-state index in [1.807, 2.05) is 32.0 Å². The van der Waals surface area contributed by atoms with Crippen molar-refractivity contribution in [2.24, 2.45) is 0 Å². The van der Waals surface area contributed by atoms with Gasteiger partial charge in [-0.25, -0.2) is 0 Å². The van der Waals surface area contributed by atoms with E-state index in [1.54, 1.807) is 0 Å². The number of hydrogen-bond donors (Lipinski definition) is 1. The van der Waals surface area contributed by atoms with Crippen molar-refractivity contribution in [1.82, 2.24) is 0 Å². The molecule has 104 valence electrons. The van der Waals surface area contributed by atoms with E-state index in [0.29, 0.717) is 10.9 Å². The Balaban J connectivity index is 2.25. The molecular weight excluding hydrogens is 264 g/mol. The first-order chi connectivity index (χ1) is 8.90. The van der Waals surface area contributed by atoms with E-state index in [2.05, 4.69) is 0 Å². The van der Waals surface area contributed by atoms with Crippen LogP contribution in [0.15, 0.2) is 18.2 Å². The van der Waals surface area contributed by atoms with Gasteiger partial charge in [0.25, 0.3) is 0 Å². The molecule has 0 bridgehead atoms. The molecule has 0 spiro atoms. The smallest absolute Gasteiger partial charge is 0.304 e. The molecule has 0 radical (unpaired) electrons. The highest BCUT2D eigenvalue weighted by atomic mass is 35.5. The lowest BCUT2D eigenvalue weighted by Crippen LogP contribution is -2.21. The number of rotatable bonds is 4. The number of benzene rings is 1. The third-order valence-corrected chi connectivity index (χ3v) is 4.07. The van der Waals surface area contributed by atoms with Crippen LogP contribution in [0.4, 0.5) is 0 Å². The molecule has 0 aromatic heterocycles. The Morgan fingerprint density at radius 2 is 2.26 bits per heavy atom. The third kappa shape index (κ3) is 3.28. The molecule has 1 aliphatic heterocycles. The fourth-order valence-corrected chi connectivity index (χ4v) is 2.87. The molecule has 1 aromatic rings. The standard InChI is InChI=1S/C15H19ClO3/c1-15(2,8-14(17)18)11-3-4-12(13(16)7-11)10-5-6-19-9-10/h3-4,7,10H,5-6,8-9H2,1-2H3,(H,17,18). The van der Waals surface area contributed by atoms with Crippen molar-refractivity contribution in [3.8, 4) is 0 Å². The summed E-state index contributed by atoms with van der Waals surface area (Å²) in [5.74, 6) is -0.432. The first kappa shape index (κ1) is 14.4. The van der Waals surface area contributed by atoms with Crippen molar-refractivity contribution in [3.05, 3.63) is 34.3 Å². The molecule has 3 nitrogen and oxygen atoms in total. The lowest BCUT2D eigenvalue weighted by molar-refractivity contribution is -0.138. The molecule has 19 heavy (non-hydrogen) atoms. The SMILES string of the molecule is CC(C)(CC(=O)O)c1ccc(C2CCOC2)c(Cl)c1. The van der Waals surface area contributed by atoms with Gasteiger partial charge in [-0.1, -0.05) is 37.6 Å². The summed E-state index contributed by atoms with van der Waals surface area (Å²) in [6, 6.07) is 5.90. The Kier molecular flexibility index (Phi) is 4.16. The second-order valence-corrected chi connectivity index (χ2v) is 6.16. The molecule has 1 saturated heterocycles. The summed E-state index contributed by atoms with van der Waals surface area (Å²) in [5.41, 5.74) is 1.65. The molecule has 2 rings (SSSR count). The fraction of sp³-hybridized carbons (Fsp3) is 0.533. The van der Waals surface area contributed by atoms with Crippen LogP contribution in [0.25, 0.3) is 0 Å². The van der Waals surface area contributed by atoms with Crippen LogP contribution in [0, 0.1) is 0 Å². The van der Waals surface area contributed by atoms with E-state index in [1.165, 1.54) is 0 Å². The second kappa shape index (κ2) is 5.51. The molecule has 0 amide bonds. The highest BCUT2D eigenvalue weighted by Crippen LogP contribution is 2.35. The molecule has 1 fully saturated rings. The summed E-state index contributed by atoms with van der Waals surface area (Å²) in [6.07, 6.45) is 1.09. The van der Waals surface area contributed by atoms with Crippen LogP contribution >= 0.6 is 11.6 Å². The zero-order valence-electron chi connectivity index (χ0n) is 11.3. The van der Waals surface area contributed by atoms with Gasteiger partial charge in [0.05, 0.1) is 13.0 Å². The lowest BCUT2D eigenvalue weighted by atomic mass is 9.80. The average molecular weight is 283 g/mol. The Labute approximate surface area is 118 Å². The molecule has 4 heteroatoms. The molecule has 1 N–H and O–H groups in total. The van der Waals surface area contributed by atoms with Crippen molar-refractivity contribution < 1.29 is 14.6 Å². The number of ether oxygens (including phenoxy) is 1. The number of carbonyl (C=O) groups is 1. The Bertz CT molecular complexity index is 476. The minimum absolute atomic E-state index is 0.0925. The highest BCUT2D eigenvalue weighted by Gasteiger charge is 2.26. The highest BCUT2D eigenvalue weighted by molar-refractivity contribution is 6.31. The number of hydrogen-bond acceptors (Lipinski definition) is 2. The van der Waals surface area contributed by atoms with Crippen LogP contribution in [0.2, 0.25) is 5.02 Å². The molecule has 1 atom stereocenters. The number of carboxylic acid groups (broad SMARTS) is 1. The minimum atomic E-state index is -0.797. The van der Waals surface area contributed by atoms with Crippen molar-refractivity contribution in [1.29, 1.82) is 0 Å². The molecule has 1 heterocycles. The number of aliphatic carboxylic acids is 1. The summed E-state index contributed by atoms with van der Waals surface area (Å²) in [5, 5.41) is 9.67. The summed E-state index contributed by atoms with van der Waals surface area (Å²) in [6.45, 7) is 5.35. The minimum Gasteiger partial charge on any atom is -0.481 e. The molecule has 1 aliphatic rings. The van der Waals surface area contributed by atoms with Gasteiger partial charge in [0.2, 0.25) is 0 Å². The van der Waals surface area contributed by atoms with Crippen LogP contribution < -0.4 is 0 Å². The lowest BCUT2D eigenvalue weighted by Gasteiger charge is -2.24. The van der Waals surface area contributed by atoms with Gasteiger partial charge in [-0.3, -0.25) is 4.79 Å². The van der Waals surface area contributed by atoms with Crippen molar-refractivity contribution in [2.75, 3.05) is 13.2 Å². The van der Waals surface area contributed by atoms with E-state index in [4.69, 9.17) is 21.4 Å². The predicted molar refractivity (Wildman–Crippen MR) is 74.9 cm³/mol. The molecule has 1 unspecified atom stereocenters. The van der Waals surface area contributed by atoms with Crippen molar-refractivity contribution in [2.45, 2.75) is 38.0 Å². The van der Waals surface area contributed by atoms with Crippen LogP contribution in [0.3, 0.4) is 0 Å². The van der Waals surface area contributed by atoms with E-state index in [-0.39, 0.29) is 6.42 Å². The first-order valence-electron chi connectivity index (χ1n) is 6.49. The van der Waals surface area contributed by atoms with Gasteiger partial charge < -0.3 is 9.84 Å². The predicted octanol–water partition coefficient (Wildman–Crippen LogP) is 3.60. The van der Waals surface area contributed by atoms with Crippen LogP contribution in [0.1, 0.15) is 43.7 Å². The van der Waals surface area contributed by atoms with Gasteiger partial charge in [0.1, 0.15) is 0 Å². The summed E-state index contributed by atoms with van der Waals surface area (Å²) in [7, 11) is 0. The maximum atomic E-state index is 10.9. The summed E-state index contributed by atoms with van der Waals surface area (Å²) >= 11 is 6.35. The van der Waals surface area contributed by atoms with Gasteiger partial charge in [-0.15, -0.1) is 0 Å². The monoisotopic (exact) mass is 282 g/mol. The maximum absolute atomic E-state index is 10.9. The van der Waals surface area contributed by atoms with Crippen molar-refractivity contribution >= 4 is 17.6 Å². The van der Waals surface area contributed by atoms with Crippen molar-refractivity contribution in [3.63, 3.8) is 0 Å². The van der Waals surface area contributed by atoms with Crippen LogP contribution in [0.5, 0.6) is 0 Å². The van der Waals surface area contributed by atoms with Crippen LogP contribution in [-0.4, -0.2) is 24.3 Å². The number of halogens is 1. The molecule has 1 aromatic carbocycles. The molecular formula is C15H19ClO3. The Morgan fingerprint density at radius 3 is 2.79 bits per heavy atom. The number of carboxylic acids is 1. The molecule has 0 aliphatic carbocycles. The maximum Gasteiger partial charge on any atom is 0.304 e. The van der Waals surface area contributed by atoms with E-state index in [9.17, 15) is 4.79 Å². The third-order valence-electron chi connectivity index (χ3n) is 3.74. The summed E-state index contributed by atoms with van der Waals surface area (Å²) in [4.78, 5) is 10.9. The second-order valence-electron chi connectivity index (χ2n) is 5.75. The zero-order valence-corrected chi connectivity index (χ0v) is 12.0. The van der Waals surface area contributed by atoms with Crippen LogP contribution in [-0.2, 0) is 14.9 Å². The van der Waals surface area contributed by atoms with E-state index in [0.717, 1.165) is 30.8 Å². The Hall–Kier alpha value is -1.06. The normalized spacial score (nSPS) is 19.6. The van der Waals surface area contributed by atoms with Gasteiger partial charge in [0.15, 0.2) is 0 Å². The van der Waals surface area contributed by atoms with E-state index < -0.39 is 11.4 Å². The zero-order chi connectivity index (χ0) is 14.0. The topological polar surface area (TPSA) is 46.5 Å². The summed E-state index contributed by atoms with van der Waals surface area (Å²) < 4.78 is 5.38. The quantitative estimate of drug-likeness (QED) is 0.918. The molecule has 0 saturated carbocycles.